The number of nitriles is 1. The lowest BCUT2D eigenvalue weighted by Crippen LogP contribution is -2.18. The Kier molecular flexibility index (Phi) is 7.27. The Labute approximate surface area is 163 Å². The van der Waals surface area contributed by atoms with Crippen molar-refractivity contribution in [3.63, 3.8) is 0 Å². The molecule has 27 heavy (non-hydrogen) atoms. The average molecular weight is 374 g/mol. The van der Waals surface area contributed by atoms with Gasteiger partial charge in [0.25, 0.3) is 0 Å². The maximum Gasteiger partial charge on any atom is 0.176 e. The Balaban J connectivity index is 1.43. The van der Waals surface area contributed by atoms with Gasteiger partial charge in [-0.2, -0.15) is 5.26 Å². The second-order valence-electron chi connectivity index (χ2n) is 8.91. The van der Waals surface area contributed by atoms with Crippen molar-refractivity contribution in [2.24, 2.45) is 17.8 Å². The minimum Gasteiger partial charge on any atom is -0.203 e. The first-order valence-corrected chi connectivity index (χ1v) is 11.0. The second-order valence-corrected chi connectivity index (χ2v) is 8.91. The largest absolute Gasteiger partial charge is 0.203 e. The van der Waals surface area contributed by atoms with Gasteiger partial charge in [-0.05, 0) is 61.0 Å². The van der Waals surface area contributed by atoms with E-state index < -0.39 is 11.6 Å². The van der Waals surface area contributed by atoms with Crippen molar-refractivity contribution >= 4 is 0 Å². The summed E-state index contributed by atoms with van der Waals surface area (Å²) < 4.78 is 28.2. The van der Waals surface area contributed by atoms with Gasteiger partial charge < -0.3 is 0 Å². The van der Waals surface area contributed by atoms with Crippen molar-refractivity contribution in [3.05, 3.63) is 34.9 Å². The Hall–Kier alpha value is -1.43. The normalized spacial score (nSPS) is 28.7. The summed E-state index contributed by atoms with van der Waals surface area (Å²) in [5.41, 5.74) is 0.276. The number of benzene rings is 1. The lowest BCUT2D eigenvalue weighted by Gasteiger charge is -2.32. The maximum atomic E-state index is 14.3. The molecule has 148 valence electrons. The molecule has 0 aromatic heterocycles. The van der Waals surface area contributed by atoms with E-state index in [1.165, 1.54) is 57.4 Å². The van der Waals surface area contributed by atoms with Gasteiger partial charge in [-0.25, -0.2) is 8.78 Å². The molecule has 0 N–H and O–H groups in total. The number of hydrogen-bond donors (Lipinski definition) is 0. The third-order valence-electron chi connectivity index (χ3n) is 7.17. The molecule has 0 amide bonds. The van der Waals surface area contributed by atoms with Gasteiger partial charge in [0.15, 0.2) is 11.6 Å². The van der Waals surface area contributed by atoms with Gasteiger partial charge in [0.2, 0.25) is 0 Å². The first-order valence-electron chi connectivity index (χ1n) is 11.0. The monoisotopic (exact) mass is 373 g/mol. The van der Waals surface area contributed by atoms with Crippen molar-refractivity contribution in [1.29, 1.82) is 5.26 Å². The van der Waals surface area contributed by atoms with Gasteiger partial charge in [-0.1, -0.05) is 64.4 Å². The highest BCUT2D eigenvalue weighted by molar-refractivity contribution is 5.36. The minimum atomic E-state index is -0.976. The van der Waals surface area contributed by atoms with Crippen LogP contribution in [0.5, 0.6) is 0 Å². The predicted octanol–water partition coefficient (Wildman–Crippen LogP) is 7.50. The molecule has 3 heteroatoms. The summed E-state index contributed by atoms with van der Waals surface area (Å²) in [7, 11) is 0. The zero-order valence-electron chi connectivity index (χ0n) is 16.7. The molecule has 0 saturated heterocycles. The fourth-order valence-corrected chi connectivity index (χ4v) is 5.42. The minimum absolute atomic E-state index is 0.105. The van der Waals surface area contributed by atoms with Crippen molar-refractivity contribution in [2.45, 2.75) is 89.9 Å². The van der Waals surface area contributed by atoms with Crippen LogP contribution in [0, 0.1) is 40.7 Å². The third kappa shape index (κ3) is 5.09. The Bertz CT molecular complexity index is 647. The highest BCUT2D eigenvalue weighted by Gasteiger charge is 2.27. The lowest BCUT2D eigenvalue weighted by atomic mass is 9.74. The van der Waals surface area contributed by atoms with Crippen LogP contribution in [0.1, 0.15) is 101 Å². The van der Waals surface area contributed by atoms with E-state index in [0.29, 0.717) is 5.56 Å². The summed E-state index contributed by atoms with van der Waals surface area (Å²) >= 11 is 0. The van der Waals surface area contributed by atoms with E-state index in [9.17, 15) is 8.78 Å². The molecule has 2 aliphatic carbocycles. The molecule has 2 fully saturated rings. The third-order valence-corrected chi connectivity index (χ3v) is 7.17. The molecule has 0 spiro atoms. The fraction of sp³-hybridized carbons (Fsp3) is 0.708. The van der Waals surface area contributed by atoms with Crippen LogP contribution in [0.4, 0.5) is 8.78 Å². The van der Waals surface area contributed by atoms with Crippen LogP contribution in [-0.4, -0.2) is 0 Å². The molecule has 0 unspecified atom stereocenters. The van der Waals surface area contributed by atoms with Gasteiger partial charge in [0.05, 0.1) is 5.56 Å². The van der Waals surface area contributed by atoms with E-state index in [4.69, 9.17) is 5.26 Å². The SMILES string of the molecule is CCCC1CCC(CCC2CCC(c3ccc(C#N)c(F)c3F)CC2)CC1. The van der Waals surface area contributed by atoms with E-state index in [-0.39, 0.29) is 11.5 Å². The molecule has 1 aromatic rings. The van der Waals surface area contributed by atoms with Gasteiger partial charge >= 0.3 is 0 Å². The van der Waals surface area contributed by atoms with Crippen molar-refractivity contribution in [1.82, 2.24) is 0 Å². The Morgan fingerprint density at radius 3 is 1.85 bits per heavy atom. The zero-order chi connectivity index (χ0) is 19.2. The van der Waals surface area contributed by atoms with Crippen LogP contribution in [0.25, 0.3) is 0 Å². The number of halogens is 2. The molecule has 2 saturated carbocycles. The van der Waals surface area contributed by atoms with Crippen LogP contribution < -0.4 is 0 Å². The number of rotatable bonds is 6. The summed E-state index contributed by atoms with van der Waals surface area (Å²) in [6.07, 6.45) is 15.2. The maximum absolute atomic E-state index is 14.3. The topological polar surface area (TPSA) is 23.8 Å². The van der Waals surface area contributed by atoms with Crippen LogP contribution in [-0.2, 0) is 0 Å². The van der Waals surface area contributed by atoms with Gasteiger partial charge in [-0.3, -0.25) is 0 Å². The molecule has 0 heterocycles. The molecular weight excluding hydrogens is 340 g/mol. The van der Waals surface area contributed by atoms with E-state index in [1.54, 1.807) is 12.1 Å². The molecule has 3 rings (SSSR count). The number of hydrogen-bond acceptors (Lipinski definition) is 1. The average Bonchev–Trinajstić information content (AvgIpc) is 2.70. The standard InChI is InChI=1S/C24H33F2N/c1-2-3-17-4-6-18(7-5-17)8-9-19-10-12-20(13-11-19)22-15-14-21(16-27)23(25)24(22)26/h14-15,17-20H,2-13H2,1H3. The van der Waals surface area contributed by atoms with Gasteiger partial charge in [0, 0.05) is 0 Å². The number of nitrogens with zero attached hydrogens (tertiary/aromatic N) is 1. The summed E-state index contributed by atoms with van der Waals surface area (Å²) in [5.74, 6) is 0.969. The van der Waals surface area contributed by atoms with Crippen LogP contribution in [0.2, 0.25) is 0 Å². The summed E-state index contributed by atoms with van der Waals surface area (Å²) in [5, 5.41) is 8.83. The Morgan fingerprint density at radius 1 is 0.815 bits per heavy atom. The van der Waals surface area contributed by atoms with E-state index >= 15 is 0 Å². The smallest absolute Gasteiger partial charge is 0.176 e. The molecule has 0 atom stereocenters. The van der Waals surface area contributed by atoms with Crippen molar-refractivity contribution in [2.75, 3.05) is 0 Å². The highest BCUT2D eigenvalue weighted by Crippen LogP contribution is 2.41. The summed E-state index contributed by atoms with van der Waals surface area (Å²) in [6, 6.07) is 4.76. The first-order chi connectivity index (χ1) is 13.1. The Morgan fingerprint density at radius 2 is 1.33 bits per heavy atom. The fourth-order valence-electron chi connectivity index (χ4n) is 5.42. The molecule has 0 aliphatic heterocycles. The molecular formula is C24H33F2N. The van der Waals surface area contributed by atoms with Crippen molar-refractivity contribution < 1.29 is 8.78 Å². The van der Waals surface area contributed by atoms with Gasteiger partial charge in [-0.15, -0.1) is 0 Å². The summed E-state index contributed by atoms with van der Waals surface area (Å²) in [4.78, 5) is 0. The van der Waals surface area contributed by atoms with Crippen LogP contribution in [0.3, 0.4) is 0 Å². The van der Waals surface area contributed by atoms with Crippen molar-refractivity contribution in [3.8, 4) is 6.07 Å². The molecule has 0 bridgehead atoms. The molecule has 2 aliphatic rings. The van der Waals surface area contributed by atoms with Crippen LogP contribution in [0.15, 0.2) is 12.1 Å². The quantitative estimate of drug-likeness (QED) is 0.506. The second kappa shape index (κ2) is 9.67. The highest BCUT2D eigenvalue weighted by atomic mass is 19.2. The zero-order valence-corrected chi connectivity index (χ0v) is 16.7. The first kappa shape index (κ1) is 20.3. The van der Waals surface area contributed by atoms with Crippen LogP contribution >= 0.6 is 0 Å². The van der Waals surface area contributed by atoms with E-state index in [1.807, 2.05) is 0 Å². The molecule has 1 nitrogen and oxygen atoms in total. The van der Waals surface area contributed by atoms with E-state index in [2.05, 4.69) is 6.92 Å². The van der Waals surface area contributed by atoms with Gasteiger partial charge in [0.1, 0.15) is 6.07 Å². The molecule has 1 aromatic carbocycles. The van der Waals surface area contributed by atoms with E-state index in [0.717, 1.165) is 43.4 Å². The predicted molar refractivity (Wildman–Crippen MR) is 105 cm³/mol. The summed E-state index contributed by atoms with van der Waals surface area (Å²) in [6.45, 7) is 2.29. The lowest BCUT2D eigenvalue weighted by molar-refractivity contribution is 0.223. The molecule has 0 radical (unpaired) electrons.